The average molecular weight is 302 g/mol. The van der Waals surface area contributed by atoms with E-state index in [1.54, 1.807) is 11.3 Å². The topological polar surface area (TPSA) is 41.1 Å². The van der Waals surface area contributed by atoms with E-state index in [1.807, 2.05) is 12.4 Å². The molecule has 1 saturated carbocycles. The van der Waals surface area contributed by atoms with E-state index in [9.17, 15) is 0 Å². The van der Waals surface area contributed by atoms with Crippen molar-refractivity contribution in [2.24, 2.45) is 0 Å². The van der Waals surface area contributed by atoms with Crippen LogP contribution in [0.15, 0.2) is 29.2 Å². The molecule has 0 unspecified atom stereocenters. The molecular weight excluding hydrogens is 280 g/mol. The van der Waals surface area contributed by atoms with Gasteiger partial charge < -0.3 is 10.2 Å². The Morgan fingerprint density at radius 3 is 2.62 bits per heavy atom. The molecule has 2 aromatic heterocycles. The molecule has 0 radical (unpaired) electrons. The summed E-state index contributed by atoms with van der Waals surface area (Å²) in [5.74, 6) is 0.858. The molecule has 0 aromatic carbocycles. The summed E-state index contributed by atoms with van der Waals surface area (Å²) < 4.78 is 0. The van der Waals surface area contributed by atoms with Gasteiger partial charge in [-0.15, -0.1) is 0 Å². The lowest BCUT2D eigenvalue weighted by atomic mass is 10.3. The second kappa shape index (κ2) is 6.54. The van der Waals surface area contributed by atoms with Crippen LogP contribution in [0.2, 0.25) is 0 Å². The summed E-state index contributed by atoms with van der Waals surface area (Å²) in [6.07, 6.45) is 6.40. The van der Waals surface area contributed by atoms with Crippen LogP contribution in [0.5, 0.6) is 0 Å². The fourth-order valence-corrected chi connectivity index (χ4v) is 2.90. The van der Waals surface area contributed by atoms with Crippen molar-refractivity contribution in [3.05, 3.63) is 40.3 Å². The monoisotopic (exact) mass is 302 g/mol. The van der Waals surface area contributed by atoms with Crippen LogP contribution in [0.3, 0.4) is 0 Å². The van der Waals surface area contributed by atoms with E-state index in [4.69, 9.17) is 0 Å². The van der Waals surface area contributed by atoms with Crippen molar-refractivity contribution in [2.75, 3.05) is 4.90 Å². The molecule has 0 amide bonds. The highest BCUT2D eigenvalue weighted by Gasteiger charge is 2.30. The van der Waals surface area contributed by atoms with Gasteiger partial charge in [0.05, 0.1) is 0 Å². The standard InChI is InChI=1S/C16H22N4S/c1-12(2)17-7-14-8-18-16(19-9-14)20(15-3-4-15)10-13-5-6-21-11-13/h5-6,8-9,11-12,15,17H,3-4,7,10H2,1-2H3. The molecular formula is C16H22N4S. The van der Waals surface area contributed by atoms with E-state index in [2.05, 4.69) is 50.9 Å². The first kappa shape index (κ1) is 14.5. The lowest BCUT2D eigenvalue weighted by Crippen LogP contribution is -2.27. The van der Waals surface area contributed by atoms with Crippen LogP contribution >= 0.6 is 11.3 Å². The van der Waals surface area contributed by atoms with Crippen molar-refractivity contribution in [1.82, 2.24) is 15.3 Å². The van der Waals surface area contributed by atoms with Crippen molar-refractivity contribution in [3.63, 3.8) is 0 Å². The molecule has 21 heavy (non-hydrogen) atoms. The van der Waals surface area contributed by atoms with Crippen LogP contribution in [0.25, 0.3) is 0 Å². The van der Waals surface area contributed by atoms with E-state index < -0.39 is 0 Å². The third-order valence-corrected chi connectivity index (χ3v) is 4.32. The van der Waals surface area contributed by atoms with E-state index in [-0.39, 0.29) is 0 Å². The molecule has 2 aromatic rings. The minimum absolute atomic E-state index is 0.478. The Morgan fingerprint density at radius 1 is 1.29 bits per heavy atom. The Morgan fingerprint density at radius 2 is 2.05 bits per heavy atom. The van der Waals surface area contributed by atoms with Crippen LogP contribution in [0.4, 0.5) is 5.95 Å². The maximum atomic E-state index is 4.58. The second-order valence-electron chi connectivity index (χ2n) is 5.92. The van der Waals surface area contributed by atoms with E-state index >= 15 is 0 Å². The summed E-state index contributed by atoms with van der Waals surface area (Å²) in [5, 5.41) is 7.72. The molecule has 4 nitrogen and oxygen atoms in total. The fourth-order valence-electron chi connectivity index (χ4n) is 2.24. The molecule has 0 aliphatic heterocycles. The maximum Gasteiger partial charge on any atom is 0.225 e. The second-order valence-corrected chi connectivity index (χ2v) is 6.70. The van der Waals surface area contributed by atoms with E-state index in [0.29, 0.717) is 12.1 Å². The summed E-state index contributed by atoms with van der Waals surface area (Å²) in [5.41, 5.74) is 2.49. The van der Waals surface area contributed by atoms with Crippen LogP contribution in [0, 0.1) is 0 Å². The van der Waals surface area contributed by atoms with Gasteiger partial charge in [0.2, 0.25) is 5.95 Å². The smallest absolute Gasteiger partial charge is 0.225 e. The maximum absolute atomic E-state index is 4.58. The van der Waals surface area contributed by atoms with Crippen LogP contribution in [0.1, 0.15) is 37.8 Å². The Kier molecular flexibility index (Phi) is 4.51. The molecule has 3 rings (SSSR count). The van der Waals surface area contributed by atoms with Crippen LogP contribution in [-0.2, 0) is 13.1 Å². The van der Waals surface area contributed by atoms with Crippen molar-refractivity contribution in [3.8, 4) is 0 Å². The molecule has 5 heteroatoms. The zero-order valence-corrected chi connectivity index (χ0v) is 13.4. The first-order valence-corrected chi connectivity index (χ1v) is 8.48. The zero-order chi connectivity index (χ0) is 14.7. The van der Waals surface area contributed by atoms with Gasteiger partial charge in [-0.1, -0.05) is 13.8 Å². The summed E-state index contributed by atoms with van der Waals surface area (Å²) >= 11 is 1.74. The Bertz CT molecular complexity index is 546. The third kappa shape index (κ3) is 4.02. The number of anilines is 1. The first-order chi connectivity index (χ1) is 10.2. The number of aromatic nitrogens is 2. The highest BCUT2D eigenvalue weighted by Crippen LogP contribution is 2.31. The molecule has 1 N–H and O–H groups in total. The number of rotatable bonds is 7. The fraction of sp³-hybridized carbons (Fsp3) is 0.500. The van der Waals surface area contributed by atoms with Gasteiger partial charge >= 0.3 is 0 Å². The number of thiophene rings is 1. The van der Waals surface area contributed by atoms with Crippen LogP contribution in [-0.4, -0.2) is 22.1 Å². The summed E-state index contributed by atoms with van der Waals surface area (Å²) in [6, 6.07) is 3.27. The Hall–Kier alpha value is -1.46. The van der Waals surface area contributed by atoms with Gasteiger partial charge in [0.25, 0.3) is 0 Å². The Labute approximate surface area is 130 Å². The molecule has 0 spiro atoms. The van der Waals surface area contributed by atoms with Gasteiger partial charge in [-0.2, -0.15) is 11.3 Å². The third-order valence-electron chi connectivity index (χ3n) is 3.58. The first-order valence-electron chi connectivity index (χ1n) is 7.54. The van der Waals surface area contributed by atoms with Crippen molar-refractivity contribution < 1.29 is 0 Å². The van der Waals surface area contributed by atoms with Gasteiger partial charge in [0.15, 0.2) is 0 Å². The van der Waals surface area contributed by atoms with Crippen molar-refractivity contribution >= 4 is 17.3 Å². The van der Waals surface area contributed by atoms with Crippen molar-refractivity contribution in [1.29, 1.82) is 0 Å². The minimum Gasteiger partial charge on any atom is -0.333 e. The van der Waals surface area contributed by atoms with E-state index in [1.165, 1.54) is 18.4 Å². The Balaban J connectivity index is 1.68. The van der Waals surface area contributed by atoms with Gasteiger partial charge in [0, 0.05) is 43.1 Å². The zero-order valence-electron chi connectivity index (χ0n) is 12.6. The summed E-state index contributed by atoms with van der Waals surface area (Å²) in [6.45, 7) is 6.03. The lowest BCUT2D eigenvalue weighted by Gasteiger charge is -2.22. The molecule has 112 valence electrons. The predicted octanol–water partition coefficient (Wildman–Crippen LogP) is 3.21. The van der Waals surface area contributed by atoms with Gasteiger partial charge in [-0.05, 0) is 35.2 Å². The summed E-state index contributed by atoms with van der Waals surface area (Å²) in [4.78, 5) is 11.5. The lowest BCUT2D eigenvalue weighted by molar-refractivity contribution is 0.586. The van der Waals surface area contributed by atoms with Gasteiger partial charge in [-0.25, -0.2) is 9.97 Å². The van der Waals surface area contributed by atoms with Gasteiger partial charge in [-0.3, -0.25) is 0 Å². The molecule has 0 bridgehead atoms. The number of nitrogens with one attached hydrogen (secondary N) is 1. The minimum atomic E-state index is 0.478. The van der Waals surface area contributed by atoms with E-state index in [0.717, 1.165) is 24.6 Å². The predicted molar refractivity (Wildman–Crippen MR) is 87.5 cm³/mol. The number of nitrogens with zero attached hydrogens (tertiary/aromatic N) is 3. The summed E-state index contributed by atoms with van der Waals surface area (Å²) in [7, 11) is 0. The molecule has 1 aliphatic carbocycles. The largest absolute Gasteiger partial charge is 0.333 e. The van der Waals surface area contributed by atoms with Gasteiger partial charge in [0.1, 0.15) is 0 Å². The molecule has 1 aliphatic rings. The van der Waals surface area contributed by atoms with Crippen molar-refractivity contribution in [2.45, 2.75) is 51.9 Å². The normalized spacial score (nSPS) is 14.6. The highest BCUT2D eigenvalue weighted by atomic mass is 32.1. The molecule has 1 fully saturated rings. The number of hydrogen-bond donors (Lipinski definition) is 1. The number of hydrogen-bond acceptors (Lipinski definition) is 5. The highest BCUT2D eigenvalue weighted by molar-refractivity contribution is 7.07. The average Bonchev–Trinajstić information content (AvgIpc) is 3.20. The quantitative estimate of drug-likeness (QED) is 0.853. The molecule has 0 atom stereocenters. The molecule has 0 saturated heterocycles. The molecule has 2 heterocycles. The SMILES string of the molecule is CC(C)NCc1cnc(N(Cc2ccsc2)C2CC2)nc1. The van der Waals surface area contributed by atoms with Crippen LogP contribution < -0.4 is 10.2 Å².